The third kappa shape index (κ3) is 3.77. The Labute approximate surface area is 143 Å². The molecule has 2 N–H and O–H groups in total. The molecule has 0 saturated carbocycles. The molecule has 1 aliphatic heterocycles. The van der Waals surface area contributed by atoms with Crippen LogP contribution >= 0.6 is 0 Å². The lowest BCUT2D eigenvalue weighted by Crippen LogP contribution is -2.43. The largest absolute Gasteiger partial charge is 0.492 e. The minimum absolute atomic E-state index is 0.306. The molecular weight excluding hydrogens is 300 g/mol. The lowest BCUT2D eigenvalue weighted by Gasteiger charge is -2.35. The normalized spacial score (nSPS) is 16.5. The maximum absolute atomic E-state index is 11.4. The van der Waals surface area contributed by atoms with E-state index in [1.165, 1.54) is 5.56 Å². The number of carbonyl (C=O) groups excluding carboxylic acids is 1. The number of hydrogen-bond acceptors (Lipinski definition) is 3. The molecule has 1 heterocycles. The third-order valence-corrected chi connectivity index (χ3v) is 4.49. The summed E-state index contributed by atoms with van der Waals surface area (Å²) >= 11 is 0. The van der Waals surface area contributed by atoms with Gasteiger partial charge in [-0.3, -0.25) is 9.69 Å². The molecule has 126 valence electrons. The topological polar surface area (TPSA) is 55.6 Å². The van der Waals surface area contributed by atoms with E-state index < -0.39 is 5.91 Å². The number of primary amides is 1. The predicted octanol–water partition coefficient (Wildman–Crippen LogP) is 3.00. The Morgan fingerprint density at radius 3 is 2.75 bits per heavy atom. The summed E-state index contributed by atoms with van der Waals surface area (Å²) in [4.78, 5) is 13.9. The second-order valence-corrected chi connectivity index (χ2v) is 6.31. The van der Waals surface area contributed by atoms with Crippen LogP contribution in [0.15, 0.2) is 48.5 Å². The number of carbonyl (C=O) groups is 1. The van der Waals surface area contributed by atoms with Gasteiger partial charge < -0.3 is 10.5 Å². The van der Waals surface area contributed by atoms with E-state index in [9.17, 15) is 4.79 Å². The first kappa shape index (κ1) is 16.5. The summed E-state index contributed by atoms with van der Waals surface area (Å²) in [5, 5.41) is 0. The van der Waals surface area contributed by atoms with Crippen molar-refractivity contribution in [2.75, 3.05) is 13.2 Å². The molecule has 0 bridgehead atoms. The van der Waals surface area contributed by atoms with E-state index in [-0.39, 0.29) is 0 Å². The molecule has 1 aliphatic rings. The molecule has 0 spiro atoms. The first-order chi connectivity index (χ1) is 11.7. The molecule has 4 nitrogen and oxygen atoms in total. The smallest absolute Gasteiger partial charge is 0.248 e. The Bertz CT molecular complexity index is 700. The summed E-state index contributed by atoms with van der Waals surface area (Å²) in [6.45, 7) is 4.80. The van der Waals surface area contributed by atoms with E-state index in [2.05, 4.69) is 36.1 Å². The van der Waals surface area contributed by atoms with Crippen molar-refractivity contribution in [3.63, 3.8) is 0 Å². The van der Waals surface area contributed by atoms with E-state index in [4.69, 9.17) is 10.5 Å². The highest BCUT2D eigenvalue weighted by Crippen LogP contribution is 2.28. The number of nitrogens with zero attached hydrogens (tertiary/aromatic N) is 1. The van der Waals surface area contributed by atoms with E-state index in [0.717, 1.165) is 37.2 Å². The molecule has 2 aromatic carbocycles. The van der Waals surface area contributed by atoms with Crippen molar-refractivity contribution < 1.29 is 9.53 Å². The minimum atomic E-state index is -0.394. The van der Waals surface area contributed by atoms with Gasteiger partial charge in [0.1, 0.15) is 12.4 Å². The molecule has 1 atom stereocenters. The van der Waals surface area contributed by atoms with E-state index in [1.807, 2.05) is 18.2 Å². The van der Waals surface area contributed by atoms with Crippen LogP contribution in [0.3, 0.4) is 0 Å². The molecule has 0 aliphatic carbocycles. The van der Waals surface area contributed by atoms with Crippen LogP contribution < -0.4 is 10.5 Å². The third-order valence-electron chi connectivity index (χ3n) is 4.49. The summed E-state index contributed by atoms with van der Waals surface area (Å²) < 4.78 is 5.94. The van der Waals surface area contributed by atoms with Crippen LogP contribution in [-0.2, 0) is 13.0 Å². The quantitative estimate of drug-likeness (QED) is 0.889. The fraction of sp³-hybridized carbons (Fsp3) is 0.350. The summed E-state index contributed by atoms with van der Waals surface area (Å²) in [5.41, 5.74) is 8.32. The van der Waals surface area contributed by atoms with Gasteiger partial charge in [0.05, 0.1) is 0 Å². The number of benzene rings is 2. The number of amides is 1. The second kappa shape index (κ2) is 7.49. The molecule has 0 fully saturated rings. The molecule has 3 rings (SSSR count). The molecule has 0 aromatic heterocycles. The Hall–Kier alpha value is -2.33. The minimum Gasteiger partial charge on any atom is -0.492 e. The zero-order valence-corrected chi connectivity index (χ0v) is 14.1. The zero-order valence-electron chi connectivity index (χ0n) is 14.1. The van der Waals surface area contributed by atoms with Crippen molar-refractivity contribution in [3.8, 4) is 5.75 Å². The molecular formula is C20H24N2O2. The lowest BCUT2D eigenvalue weighted by molar-refractivity contribution is 0.0998. The summed E-state index contributed by atoms with van der Waals surface area (Å²) in [5.74, 6) is 0.474. The molecule has 1 amide bonds. The van der Waals surface area contributed by atoms with Crippen LogP contribution in [0.1, 0.15) is 34.8 Å². The molecule has 0 saturated heterocycles. The first-order valence-electron chi connectivity index (χ1n) is 8.51. The summed E-state index contributed by atoms with van der Waals surface area (Å²) in [6.07, 6.45) is 1.97. The maximum atomic E-state index is 11.4. The van der Waals surface area contributed by atoms with E-state index in [0.29, 0.717) is 18.2 Å². The van der Waals surface area contributed by atoms with Gasteiger partial charge in [0, 0.05) is 18.2 Å². The standard InChI is InChI=1S/C20H24N2O2/c1-2-10-22(13-15-6-4-3-5-7-15)18-12-17-11-16(20(21)23)8-9-19(17)24-14-18/h3-9,11,18H,2,10,12-14H2,1H3,(H2,21,23)/t18-/m0/s1. The van der Waals surface area contributed by atoms with Crippen LogP contribution in [0.25, 0.3) is 0 Å². The summed E-state index contributed by atoms with van der Waals surface area (Å²) in [7, 11) is 0. The van der Waals surface area contributed by atoms with Crippen molar-refractivity contribution in [3.05, 3.63) is 65.2 Å². The average Bonchev–Trinajstić information content (AvgIpc) is 2.61. The zero-order chi connectivity index (χ0) is 16.9. The molecule has 0 radical (unpaired) electrons. The second-order valence-electron chi connectivity index (χ2n) is 6.31. The van der Waals surface area contributed by atoms with Gasteiger partial charge >= 0.3 is 0 Å². The molecule has 2 aromatic rings. The molecule has 24 heavy (non-hydrogen) atoms. The number of nitrogens with two attached hydrogens (primary N) is 1. The van der Waals surface area contributed by atoms with Crippen LogP contribution in [0.2, 0.25) is 0 Å². The number of fused-ring (bicyclic) bond motifs is 1. The monoisotopic (exact) mass is 324 g/mol. The number of rotatable bonds is 6. The van der Waals surface area contributed by atoms with Gasteiger partial charge in [0.25, 0.3) is 0 Å². The average molecular weight is 324 g/mol. The van der Waals surface area contributed by atoms with Crippen molar-refractivity contribution in [1.82, 2.24) is 4.90 Å². The molecule has 4 heteroatoms. The van der Waals surface area contributed by atoms with E-state index in [1.54, 1.807) is 6.07 Å². The lowest BCUT2D eigenvalue weighted by atomic mass is 9.98. The van der Waals surface area contributed by atoms with Gasteiger partial charge in [0.15, 0.2) is 0 Å². The van der Waals surface area contributed by atoms with Crippen molar-refractivity contribution in [1.29, 1.82) is 0 Å². The highest BCUT2D eigenvalue weighted by Gasteiger charge is 2.25. The van der Waals surface area contributed by atoms with Crippen molar-refractivity contribution in [2.24, 2.45) is 5.73 Å². The summed E-state index contributed by atoms with van der Waals surface area (Å²) in [6, 6.07) is 16.3. The Balaban J connectivity index is 1.77. The fourth-order valence-electron chi connectivity index (χ4n) is 3.26. The van der Waals surface area contributed by atoms with Gasteiger partial charge in [-0.2, -0.15) is 0 Å². The van der Waals surface area contributed by atoms with Crippen LogP contribution in [0.5, 0.6) is 5.75 Å². The Morgan fingerprint density at radius 2 is 2.04 bits per heavy atom. The SMILES string of the molecule is CCCN(Cc1ccccc1)[C@@H]1COc2ccc(C(N)=O)cc2C1. The Kier molecular flexibility index (Phi) is 5.16. The molecule has 0 unspecified atom stereocenters. The predicted molar refractivity (Wildman–Crippen MR) is 95.1 cm³/mol. The van der Waals surface area contributed by atoms with Crippen molar-refractivity contribution >= 4 is 5.91 Å². The number of ether oxygens (including phenoxy) is 1. The highest BCUT2D eigenvalue weighted by molar-refractivity contribution is 5.93. The van der Waals surface area contributed by atoms with Crippen LogP contribution in [-0.4, -0.2) is 30.0 Å². The first-order valence-corrected chi connectivity index (χ1v) is 8.51. The van der Waals surface area contributed by atoms with Crippen molar-refractivity contribution in [2.45, 2.75) is 32.4 Å². The van der Waals surface area contributed by atoms with Gasteiger partial charge in [-0.05, 0) is 48.7 Å². The van der Waals surface area contributed by atoms with Gasteiger partial charge in [0.2, 0.25) is 5.91 Å². The number of hydrogen-bond donors (Lipinski definition) is 1. The van der Waals surface area contributed by atoms with Crippen LogP contribution in [0, 0.1) is 0 Å². The van der Waals surface area contributed by atoms with Crippen LogP contribution in [0.4, 0.5) is 0 Å². The van der Waals surface area contributed by atoms with E-state index >= 15 is 0 Å². The van der Waals surface area contributed by atoms with Gasteiger partial charge in [-0.25, -0.2) is 0 Å². The highest BCUT2D eigenvalue weighted by atomic mass is 16.5. The van der Waals surface area contributed by atoms with Gasteiger partial charge in [-0.1, -0.05) is 37.3 Å². The fourth-order valence-corrected chi connectivity index (χ4v) is 3.26. The van der Waals surface area contributed by atoms with Gasteiger partial charge in [-0.15, -0.1) is 0 Å². The maximum Gasteiger partial charge on any atom is 0.248 e. The Morgan fingerprint density at radius 1 is 1.25 bits per heavy atom.